The number of halogens is 2. The van der Waals surface area contributed by atoms with E-state index in [1.54, 1.807) is 7.05 Å². The summed E-state index contributed by atoms with van der Waals surface area (Å²) in [5, 5.41) is 6.62. The van der Waals surface area contributed by atoms with E-state index < -0.39 is 11.6 Å². The van der Waals surface area contributed by atoms with E-state index in [9.17, 15) is 8.78 Å². The van der Waals surface area contributed by atoms with Crippen LogP contribution in [0, 0.1) is 11.6 Å². The van der Waals surface area contributed by atoms with Gasteiger partial charge in [0.2, 0.25) is 0 Å². The van der Waals surface area contributed by atoms with Crippen molar-refractivity contribution >= 4 is 0 Å². The summed E-state index contributed by atoms with van der Waals surface area (Å²) in [7, 11) is 1.80. The molecule has 0 aliphatic heterocycles. The number of benzene rings is 1. The molecule has 0 fully saturated rings. The van der Waals surface area contributed by atoms with Gasteiger partial charge < -0.3 is 9.84 Å². The molecule has 2 rings (SSSR count). The summed E-state index contributed by atoms with van der Waals surface area (Å²) in [5.41, 5.74) is -0.0202. The van der Waals surface area contributed by atoms with Crippen LogP contribution in [0.5, 0.6) is 0 Å². The minimum atomic E-state index is -0.976. The fraction of sp³-hybridized carbons (Fsp3) is 0.273. The van der Waals surface area contributed by atoms with Crippen molar-refractivity contribution < 1.29 is 13.3 Å². The molecule has 1 N–H and O–H groups in total. The topological polar surface area (TPSA) is 51.0 Å². The summed E-state index contributed by atoms with van der Waals surface area (Å²) < 4.78 is 31.3. The molecule has 0 aliphatic rings. The molecule has 0 unspecified atom stereocenters. The van der Waals surface area contributed by atoms with Gasteiger partial charge in [-0.3, -0.25) is 0 Å². The summed E-state index contributed by atoms with van der Waals surface area (Å²) >= 11 is 0. The van der Waals surface area contributed by atoms with Gasteiger partial charge in [0.15, 0.2) is 17.5 Å². The largest absolute Gasteiger partial charge is 0.334 e. The Labute approximate surface area is 96.6 Å². The predicted octanol–water partition coefficient (Wildman–Crippen LogP) is 1.78. The zero-order valence-corrected chi connectivity index (χ0v) is 9.20. The third-order valence-electron chi connectivity index (χ3n) is 2.25. The maximum Gasteiger partial charge on any atom is 0.261 e. The second kappa shape index (κ2) is 5.01. The second-order valence-electron chi connectivity index (χ2n) is 3.47. The molecule has 0 spiro atoms. The predicted molar refractivity (Wildman–Crippen MR) is 57.3 cm³/mol. The van der Waals surface area contributed by atoms with Crippen LogP contribution in [0.4, 0.5) is 8.78 Å². The van der Waals surface area contributed by atoms with Crippen LogP contribution in [0.25, 0.3) is 11.5 Å². The van der Waals surface area contributed by atoms with Gasteiger partial charge in [0.25, 0.3) is 5.89 Å². The van der Waals surface area contributed by atoms with Crippen LogP contribution in [0.15, 0.2) is 22.7 Å². The molecule has 1 aromatic heterocycles. The minimum Gasteiger partial charge on any atom is -0.334 e. The Balaban J connectivity index is 2.27. The zero-order valence-electron chi connectivity index (χ0n) is 9.20. The molecule has 1 heterocycles. The molecule has 1 aromatic carbocycles. The number of nitrogens with one attached hydrogen (secondary N) is 1. The van der Waals surface area contributed by atoms with E-state index in [0.717, 1.165) is 6.07 Å². The molecule has 0 bridgehead atoms. The summed E-state index contributed by atoms with van der Waals surface area (Å²) in [4.78, 5) is 4.00. The number of likely N-dealkylation sites (N-methyl/N-ethyl adjacent to an activating group) is 1. The maximum atomic E-state index is 13.4. The summed E-state index contributed by atoms with van der Waals surface area (Å²) in [6.07, 6.45) is 0.566. The lowest BCUT2D eigenvalue weighted by Crippen LogP contribution is -2.11. The lowest BCUT2D eigenvalue weighted by Gasteiger charge is -1.97. The average molecular weight is 239 g/mol. The Morgan fingerprint density at radius 3 is 2.94 bits per heavy atom. The standard InChI is InChI=1S/C11H11F2N3O/c1-14-6-5-9-15-11(17-16-9)7-3-2-4-8(12)10(7)13/h2-4,14H,5-6H2,1H3. The van der Waals surface area contributed by atoms with E-state index in [4.69, 9.17) is 4.52 Å². The first-order valence-electron chi connectivity index (χ1n) is 5.14. The molecule has 2 aromatic rings. The quantitative estimate of drug-likeness (QED) is 0.883. The van der Waals surface area contributed by atoms with Gasteiger partial charge >= 0.3 is 0 Å². The number of rotatable bonds is 4. The first-order valence-corrected chi connectivity index (χ1v) is 5.14. The first-order chi connectivity index (χ1) is 8.22. The normalized spacial score (nSPS) is 10.8. The highest BCUT2D eigenvalue weighted by molar-refractivity contribution is 5.53. The third-order valence-corrected chi connectivity index (χ3v) is 2.25. The number of hydrogen-bond donors (Lipinski definition) is 1. The van der Waals surface area contributed by atoms with E-state index in [1.165, 1.54) is 12.1 Å². The number of aromatic nitrogens is 2. The molecule has 6 heteroatoms. The van der Waals surface area contributed by atoms with Gasteiger partial charge in [-0.2, -0.15) is 4.98 Å². The van der Waals surface area contributed by atoms with Gasteiger partial charge in [-0.15, -0.1) is 0 Å². The van der Waals surface area contributed by atoms with Gasteiger partial charge in [-0.25, -0.2) is 8.78 Å². The average Bonchev–Trinajstić information content (AvgIpc) is 2.78. The van der Waals surface area contributed by atoms with E-state index in [2.05, 4.69) is 15.5 Å². The monoisotopic (exact) mass is 239 g/mol. The van der Waals surface area contributed by atoms with E-state index >= 15 is 0 Å². The van der Waals surface area contributed by atoms with Crippen molar-refractivity contribution in [3.05, 3.63) is 35.7 Å². The molecular weight excluding hydrogens is 228 g/mol. The Bertz CT molecular complexity index is 513. The lowest BCUT2D eigenvalue weighted by atomic mass is 10.2. The van der Waals surface area contributed by atoms with E-state index in [0.29, 0.717) is 18.8 Å². The van der Waals surface area contributed by atoms with Crippen LogP contribution in [-0.4, -0.2) is 23.7 Å². The molecule has 0 amide bonds. The summed E-state index contributed by atoms with van der Waals surface area (Å²) in [6, 6.07) is 3.83. The van der Waals surface area contributed by atoms with Crippen LogP contribution in [0.1, 0.15) is 5.82 Å². The van der Waals surface area contributed by atoms with Crippen molar-refractivity contribution in [2.45, 2.75) is 6.42 Å². The summed E-state index contributed by atoms with van der Waals surface area (Å²) in [5.74, 6) is -1.46. The molecule has 0 saturated carbocycles. The van der Waals surface area contributed by atoms with Gasteiger partial charge in [-0.05, 0) is 19.2 Å². The fourth-order valence-electron chi connectivity index (χ4n) is 1.37. The highest BCUT2D eigenvalue weighted by Gasteiger charge is 2.15. The number of hydrogen-bond acceptors (Lipinski definition) is 4. The van der Waals surface area contributed by atoms with E-state index in [-0.39, 0.29) is 11.5 Å². The Morgan fingerprint density at radius 2 is 2.18 bits per heavy atom. The second-order valence-corrected chi connectivity index (χ2v) is 3.47. The van der Waals surface area contributed by atoms with Gasteiger partial charge in [-0.1, -0.05) is 11.2 Å². The first kappa shape index (κ1) is 11.7. The van der Waals surface area contributed by atoms with Crippen LogP contribution >= 0.6 is 0 Å². The smallest absolute Gasteiger partial charge is 0.261 e. The highest BCUT2D eigenvalue weighted by atomic mass is 19.2. The van der Waals surface area contributed by atoms with Crippen molar-refractivity contribution in [2.75, 3.05) is 13.6 Å². The highest BCUT2D eigenvalue weighted by Crippen LogP contribution is 2.22. The van der Waals surface area contributed by atoms with Crippen molar-refractivity contribution in [1.82, 2.24) is 15.5 Å². The van der Waals surface area contributed by atoms with Gasteiger partial charge in [0, 0.05) is 13.0 Å². The van der Waals surface area contributed by atoms with Crippen LogP contribution in [-0.2, 0) is 6.42 Å². The molecule has 4 nitrogen and oxygen atoms in total. The Kier molecular flexibility index (Phi) is 3.43. The van der Waals surface area contributed by atoms with Crippen LogP contribution in [0.2, 0.25) is 0 Å². The SMILES string of the molecule is CNCCc1noc(-c2cccc(F)c2F)n1. The van der Waals surface area contributed by atoms with Crippen molar-refractivity contribution in [1.29, 1.82) is 0 Å². The lowest BCUT2D eigenvalue weighted by molar-refractivity contribution is 0.417. The Morgan fingerprint density at radius 1 is 1.35 bits per heavy atom. The molecular formula is C11H11F2N3O. The number of nitrogens with zero attached hydrogens (tertiary/aromatic N) is 2. The molecule has 0 saturated heterocycles. The fourth-order valence-corrected chi connectivity index (χ4v) is 1.37. The molecule has 90 valence electrons. The minimum absolute atomic E-state index is 0.00639. The zero-order chi connectivity index (χ0) is 12.3. The Hall–Kier alpha value is -1.82. The molecule has 0 radical (unpaired) electrons. The maximum absolute atomic E-state index is 13.4. The molecule has 0 aliphatic carbocycles. The van der Waals surface area contributed by atoms with Crippen LogP contribution in [0.3, 0.4) is 0 Å². The molecule has 0 atom stereocenters. The van der Waals surface area contributed by atoms with Crippen molar-refractivity contribution in [2.24, 2.45) is 0 Å². The van der Waals surface area contributed by atoms with Crippen molar-refractivity contribution in [3.8, 4) is 11.5 Å². The van der Waals surface area contributed by atoms with Crippen LogP contribution < -0.4 is 5.32 Å². The summed E-state index contributed by atoms with van der Waals surface area (Å²) in [6.45, 7) is 0.685. The van der Waals surface area contributed by atoms with Gasteiger partial charge in [0.1, 0.15) is 0 Å². The van der Waals surface area contributed by atoms with Crippen molar-refractivity contribution in [3.63, 3.8) is 0 Å². The van der Waals surface area contributed by atoms with E-state index in [1.807, 2.05) is 0 Å². The molecule has 17 heavy (non-hydrogen) atoms. The van der Waals surface area contributed by atoms with Gasteiger partial charge in [0.05, 0.1) is 5.56 Å². The third kappa shape index (κ3) is 2.47.